The smallest absolute Gasteiger partial charge is 0.0497 e. The summed E-state index contributed by atoms with van der Waals surface area (Å²) in [6, 6.07) is 0. The number of rotatable bonds is 4. The number of nitrogens with one attached hydrogen (secondary N) is 1. The van der Waals surface area contributed by atoms with Crippen LogP contribution in [0.5, 0.6) is 0 Å². The summed E-state index contributed by atoms with van der Waals surface area (Å²) in [7, 11) is 0. The largest absolute Gasteiger partial charge is 0.381 e. The molecule has 2 aliphatic rings. The lowest BCUT2D eigenvalue weighted by Crippen LogP contribution is -2.41. The summed E-state index contributed by atoms with van der Waals surface area (Å²) in [5, 5.41) is 3.60. The first-order valence-electron chi connectivity index (χ1n) is 8.80. The Hall–Kier alpha value is -0.0800. The standard InChI is InChI=1S/C18H35NO/c1-5-19-12-14-8-9-16(18(2,3)4)11-17(14)15-7-6-10-20-13-15/h14-17,19H,5-13H2,1-4H3. The van der Waals surface area contributed by atoms with E-state index in [0.717, 1.165) is 43.4 Å². The normalized spacial score (nSPS) is 36.0. The van der Waals surface area contributed by atoms with Crippen LogP contribution in [0.1, 0.15) is 59.8 Å². The number of hydrogen-bond donors (Lipinski definition) is 1. The van der Waals surface area contributed by atoms with Gasteiger partial charge in [0.05, 0.1) is 0 Å². The minimum Gasteiger partial charge on any atom is -0.381 e. The van der Waals surface area contributed by atoms with E-state index in [0.29, 0.717) is 5.41 Å². The van der Waals surface area contributed by atoms with Crippen molar-refractivity contribution < 1.29 is 4.74 Å². The quantitative estimate of drug-likeness (QED) is 0.837. The van der Waals surface area contributed by atoms with Gasteiger partial charge in [-0.1, -0.05) is 27.7 Å². The zero-order valence-corrected chi connectivity index (χ0v) is 14.1. The van der Waals surface area contributed by atoms with Gasteiger partial charge in [0.1, 0.15) is 0 Å². The van der Waals surface area contributed by atoms with Crippen molar-refractivity contribution in [3.8, 4) is 0 Å². The van der Waals surface area contributed by atoms with Crippen LogP contribution in [0.4, 0.5) is 0 Å². The summed E-state index contributed by atoms with van der Waals surface area (Å²) in [6.07, 6.45) is 6.92. The molecule has 20 heavy (non-hydrogen) atoms. The van der Waals surface area contributed by atoms with Gasteiger partial charge >= 0.3 is 0 Å². The monoisotopic (exact) mass is 281 g/mol. The molecule has 0 aromatic rings. The van der Waals surface area contributed by atoms with Crippen LogP contribution in [0.2, 0.25) is 0 Å². The molecule has 0 spiro atoms. The average molecular weight is 281 g/mol. The fourth-order valence-corrected chi connectivity index (χ4v) is 4.32. The van der Waals surface area contributed by atoms with Crippen LogP contribution in [-0.4, -0.2) is 26.3 Å². The molecular formula is C18H35NO. The van der Waals surface area contributed by atoms with E-state index in [2.05, 4.69) is 33.0 Å². The molecule has 1 saturated heterocycles. The highest BCUT2D eigenvalue weighted by atomic mass is 16.5. The van der Waals surface area contributed by atoms with Crippen LogP contribution in [0, 0.1) is 29.1 Å². The maximum atomic E-state index is 5.79. The van der Waals surface area contributed by atoms with Crippen molar-refractivity contribution in [2.45, 2.75) is 59.8 Å². The van der Waals surface area contributed by atoms with E-state index in [1.807, 2.05) is 0 Å². The lowest BCUT2D eigenvalue weighted by Gasteiger charge is -2.45. The second-order valence-corrected chi connectivity index (χ2v) is 8.08. The molecule has 1 aliphatic heterocycles. The fourth-order valence-electron chi connectivity index (χ4n) is 4.32. The third-order valence-electron chi connectivity index (χ3n) is 5.73. The second kappa shape index (κ2) is 7.26. The average Bonchev–Trinajstić information content (AvgIpc) is 2.45. The van der Waals surface area contributed by atoms with Gasteiger partial charge in [-0.25, -0.2) is 0 Å². The molecule has 2 heteroatoms. The third-order valence-corrected chi connectivity index (χ3v) is 5.73. The molecule has 0 radical (unpaired) electrons. The van der Waals surface area contributed by atoms with E-state index in [1.54, 1.807) is 0 Å². The zero-order valence-electron chi connectivity index (χ0n) is 14.1. The summed E-state index contributed by atoms with van der Waals surface area (Å²) in [6.45, 7) is 13.8. The second-order valence-electron chi connectivity index (χ2n) is 8.08. The Morgan fingerprint density at radius 2 is 1.95 bits per heavy atom. The summed E-state index contributed by atoms with van der Waals surface area (Å²) in [5.41, 5.74) is 0.469. The van der Waals surface area contributed by atoms with Crippen molar-refractivity contribution in [1.29, 1.82) is 0 Å². The van der Waals surface area contributed by atoms with E-state index >= 15 is 0 Å². The molecule has 0 aromatic heterocycles. The topological polar surface area (TPSA) is 21.3 Å². The molecule has 1 heterocycles. The van der Waals surface area contributed by atoms with Crippen LogP contribution in [0.25, 0.3) is 0 Å². The number of hydrogen-bond acceptors (Lipinski definition) is 2. The molecule has 2 rings (SSSR count). The van der Waals surface area contributed by atoms with Crippen molar-refractivity contribution in [2.24, 2.45) is 29.1 Å². The van der Waals surface area contributed by atoms with Crippen molar-refractivity contribution >= 4 is 0 Å². The minimum absolute atomic E-state index is 0.469. The van der Waals surface area contributed by atoms with Crippen molar-refractivity contribution in [3.05, 3.63) is 0 Å². The van der Waals surface area contributed by atoms with E-state index < -0.39 is 0 Å². The summed E-state index contributed by atoms with van der Waals surface area (Å²) >= 11 is 0. The van der Waals surface area contributed by atoms with Crippen LogP contribution >= 0.6 is 0 Å². The molecule has 0 bridgehead atoms. The lowest BCUT2D eigenvalue weighted by atomic mass is 9.62. The molecular weight excluding hydrogens is 246 g/mol. The van der Waals surface area contributed by atoms with Crippen molar-refractivity contribution in [2.75, 3.05) is 26.3 Å². The first kappa shape index (κ1) is 16.3. The van der Waals surface area contributed by atoms with Crippen LogP contribution in [0.3, 0.4) is 0 Å². The Labute approximate surface area is 126 Å². The van der Waals surface area contributed by atoms with Gasteiger partial charge in [-0.15, -0.1) is 0 Å². The minimum atomic E-state index is 0.469. The van der Waals surface area contributed by atoms with E-state index in [4.69, 9.17) is 4.74 Å². The Morgan fingerprint density at radius 3 is 2.55 bits per heavy atom. The molecule has 2 nitrogen and oxygen atoms in total. The Balaban J connectivity index is 2.01. The molecule has 4 atom stereocenters. The highest BCUT2D eigenvalue weighted by Crippen LogP contribution is 2.46. The maximum absolute atomic E-state index is 5.79. The van der Waals surface area contributed by atoms with Gasteiger partial charge in [0.2, 0.25) is 0 Å². The molecule has 0 aromatic carbocycles. The highest BCUT2D eigenvalue weighted by Gasteiger charge is 2.39. The predicted octanol–water partition coefficient (Wildman–Crippen LogP) is 4.10. The zero-order chi connectivity index (χ0) is 14.6. The molecule has 1 N–H and O–H groups in total. The van der Waals surface area contributed by atoms with Crippen molar-refractivity contribution in [1.82, 2.24) is 5.32 Å². The van der Waals surface area contributed by atoms with Gasteiger partial charge in [0.25, 0.3) is 0 Å². The molecule has 1 saturated carbocycles. The van der Waals surface area contributed by atoms with E-state index in [1.165, 1.54) is 38.6 Å². The van der Waals surface area contributed by atoms with Gasteiger partial charge in [-0.05, 0) is 74.3 Å². The van der Waals surface area contributed by atoms with Gasteiger partial charge in [0, 0.05) is 13.2 Å². The predicted molar refractivity (Wildman–Crippen MR) is 85.9 cm³/mol. The summed E-state index contributed by atoms with van der Waals surface area (Å²) in [5.74, 6) is 3.47. The van der Waals surface area contributed by atoms with Crippen LogP contribution in [0.15, 0.2) is 0 Å². The molecule has 1 aliphatic carbocycles. The lowest BCUT2D eigenvalue weighted by molar-refractivity contribution is -0.0150. The highest BCUT2D eigenvalue weighted by molar-refractivity contribution is 4.90. The summed E-state index contributed by atoms with van der Waals surface area (Å²) < 4.78 is 5.79. The van der Waals surface area contributed by atoms with Crippen LogP contribution < -0.4 is 5.32 Å². The third kappa shape index (κ3) is 4.21. The first-order chi connectivity index (χ1) is 9.52. The van der Waals surface area contributed by atoms with Gasteiger partial charge in [0.15, 0.2) is 0 Å². The van der Waals surface area contributed by atoms with Crippen molar-refractivity contribution in [3.63, 3.8) is 0 Å². The Kier molecular flexibility index (Phi) is 5.92. The van der Waals surface area contributed by atoms with E-state index in [-0.39, 0.29) is 0 Å². The SMILES string of the molecule is CCNCC1CCC(C(C)(C)C)CC1C1CCCOC1. The molecule has 118 valence electrons. The molecule has 0 amide bonds. The fraction of sp³-hybridized carbons (Fsp3) is 1.00. The van der Waals surface area contributed by atoms with E-state index in [9.17, 15) is 0 Å². The molecule has 2 fully saturated rings. The van der Waals surface area contributed by atoms with Gasteiger partial charge in [-0.2, -0.15) is 0 Å². The number of ether oxygens (including phenoxy) is 1. The Bertz CT molecular complexity index is 278. The Morgan fingerprint density at radius 1 is 1.15 bits per heavy atom. The molecule has 4 unspecified atom stereocenters. The van der Waals surface area contributed by atoms with Gasteiger partial charge in [-0.3, -0.25) is 0 Å². The maximum Gasteiger partial charge on any atom is 0.0497 e. The first-order valence-corrected chi connectivity index (χ1v) is 8.80. The van der Waals surface area contributed by atoms with Gasteiger partial charge < -0.3 is 10.1 Å². The van der Waals surface area contributed by atoms with Crippen LogP contribution in [-0.2, 0) is 4.74 Å². The summed E-state index contributed by atoms with van der Waals surface area (Å²) in [4.78, 5) is 0.